The first-order chi connectivity index (χ1) is 4.33. The molecule has 56 valence electrons. The molecule has 0 saturated heterocycles. The van der Waals surface area contributed by atoms with Crippen LogP contribution in [0.2, 0.25) is 0 Å². The lowest BCUT2D eigenvalue weighted by atomic mass is 10.4. The van der Waals surface area contributed by atoms with E-state index in [1.807, 2.05) is 6.92 Å². The van der Waals surface area contributed by atoms with Crippen molar-refractivity contribution in [2.24, 2.45) is 0 Å². The average Bonchev–Trinajstić information content (AvgIpc) is 1.90. The molecule has 0 aliphatic rings. The quantitative estimate of drug-likeness (QED) is 0.670. The molecule has 0 aliphatic heterocycles. The minimum Gasteiger partial charge on any atom is -0.357 e. The maximum atomic E-state index is 3.97. The van der Waals surface area contributed by atoms with Crippen LogP contribution in [0.3, 0.4) is 0 Å². The van der Waals surface area contributed by atoms with Crippen molar-refractivity contribution in [3.63, 3.8) is 0 Å². The van der Waals surface area contributed by atoms with Gasteiger partial charge in [-0.05, 0) is 12.5 Å². The first-order valence-corrected chi connectivity index (χ1v) is 2.79. The number of rotatable bonds is 1. The standard InChI is InChI=1S/C6H9N3.ClH/c1-5-3-8-6(7-2)9-4-5;/h3-4H,1-2H3,(H,7,8,9);1H. The van der Waals surface area contributed by atoms with Gasteiger partial charge in [-0.3, -0.25) is 0 Å². The van der Waals surface area contributed by atoms with Crippen molar-refractivity contribution in [2.75, 3.05) is 12.4 Å². The number of nitrogens with one attached hydrogen (secondary N) is 1. The third kappa shape index (κ3) is 2.19. The molecule has 0 bridgehead atoms. The molecule has 0 saturated carbocycles. The minimum atomic E-state index is 0. The van der Waals surface area contributed by atoms with E-state index < -0.39 is 0 Å². The summed E-state index contributed by atoms with van der Waals surface area (Å²) in [6.07, 6.45) is 3.55. The minimum absolute atomic E-state index is 0. The van der Waals surface area contributed by atoms with Crippen molar-refractivity contribution >= 4 is 18.4 Å². The summed E-state index contributed by atoms with van der Waals surface area (Å²) in [5.41, 5.74) is 1.08. The largest absolute Gasteiger partial charge is 0.357 e. The maximum Gasteiger partial charge on any atom is 0.222 e. The van der Waals surface area contributed by atoms with Crippen molar-refractivity contribution in [3.05, 3.63) is 18.0 Å². The van der Waals surface area contributed by atoms with E-state index in [-0.39, 0.29) is 12.4 Å². The van der Waals surface area contributed by atoms with Crippen molar-refractivity contribution in [2.45, 2.75) is 6.92 Å². The Bertz CT molecular complexity index is 185. The number of nitrogens with zero attached hydrogens (tertiary/aromatic N) is 2. The summed E-state index contributed by atoms with van der Waals surface area (Å²) in [5.74, 6) is 0.667. The zero-order valence-corrected chi connectivity index (χ0v) is 6.77. The Kier molecular flexibility index (Phi) is 3.72. The van der Waals surface area contributed by atoms with E-state index in [1.165, 1.54) is 0 Å². The zero-order chi connectivity index (χ0) is 6.69. The molecule has 0 spiro atoms. The van der Waals surface area contributed by atoms with Crippen LogP contribution >= 0.6 is 12.4 Å². The van der Waals surface area contributed by atoms with Gasteiger partial charge in [-0.1, -0.05) is 0 Å². The van der Waals surface area contributed by atoms with Crippen molar-refractivity contribution in [1.82, 2.24) is 9.97 Å². The molecule has 4 heteroatoms. The first-order valence-electron chi connectivity index (χ1n) is 2.79. The summed E-state index contributed by atoms with van der Waals surface area (Å²) < 4.78 is 0. The molecule has 0 atom stereocenters. The fourth-order valence-corrected chi connectivity index (χ4v) is 0.522. The summed E-state index contributed by atoms with van der Waals surface area (Å²) in [6, 6.07) is 0. The summed E-state index contributed by atoms with van der Waals surface area (Å²) in [6.45, 7) is 1.96. The maximum absolute atomic E-state index is 3.97. The topological polar surface area (TPSA) is 37.8 Å². The third-order valence-corrected chi connectivity index (χ3v) is 1.00. The van der Waals surface area contributed by atoms with Gasteiger partial charge in [-0.15, -0.1) is 12.4 Å². The van der Waals surface area contributed by atoms with Gasteiger partial charge in [-0.2, -0.15) is 0 Å². The number of halogens is 1. The van der Waals surface area contributed by atoms with E-state index in [0.717, 1.165) is 5.56 Å². The van der Waals surface area contributed by atoms with E-state index in [2.05, 4.69) is 15.3 Å². The molecule has 0 aliphatic carbocycles. The predicted octanol–water partition coefficient (Wildman–Crippen LogP) is 1.25. The number of hydrogen-bond donors (Lipinski definition) is 1. The molecule has 1 aromatic rings. The van der Waals surface area contributed by atoms with Gasteiger partial charge in [0.1, 0.15) is 0 Å². The van der Waals surface area contributed by atoms with Gasteiger partial charge < -0.3 is 5.32 Å². The van der Waals surface area contributed by atoms with Gasteiger partial charge in [0.15, 0.2) is 0 Å². The van der Waals surface area contributed by atoms with Crippen LogP contribution in [0.15, 0.2) is 12.4 Å². The SMILES string of the molecule is CNc1ncc(C)cn1.Cl. The summed E-state index contributed by atoms with van der Waals surface area (Å²) in [5, 5.41) is 2.83. The van der Waals surface area contributed by atoms with Crippen LogP contribution in [-0.2, 0) is 0 Å². The van der Waals surface area contributed by atoms with Crippen LogP contribution in [0.1, 0.15) is 5.56 Å². The molecular formula is C6H10ClN3. The summed E-state index contributed by atoms with van der Waals surface area (Å²) in [4.78, 5) is 7.95. The lowest BCUT2D eigenvalue weighted by Gasteiger charge is -1.94. The molecular weight excluding hydrogens is 150 g/mol. The van der Waals surface area contributed by atoms with Gasteiger partial charge in [0.2, 0.25) is 5.95 Å². The van der Waals surface area contributed by atoms with Gasteiger partial charge in [0.25, 0.3) is 0 Å². The summed E-state index contributed by atoms with van der Waals surface area (Å²) >= 11 is 0. The fourth-order valence-electron chi connectivity index (χ4n) is 0.522. The van der Waals surface area contributed by atoms with E-state index in [9.17, 15) is 0 Å². The highest BCUT2D eigenvalue weighted by molar-refractivity contribution is 5.85. The lowest BCUT2D eigenvalue weighted by Crippen LogP contribution is -1.94. The third-order valence-electron chi connectivity index (χ3n) is 1.00. The number of anilines is 1. The normalized spacial score (nSPS) is 8.20. The van der Waals surface area contributed by atoms with Gasteiger partial charge in [0, 0.05) is 19.4 Å². The van der Waals surface area contributed by atoms with Crippen LogP contribution in [0.25, 0.3) is 0 Å². The van der Waals surface area contributed by atoms with Crippen molar-refractivity contribution < 1.29 is 0 Å². The molecule has 0 unspecified atom stereocenters. The second-order valence-electron chi connectivity index (χ2n) is 1.83. The predicted molar refractivity (Wildman–Crippen MR) is 43.6 cm³/mol. The van der Waals surface area contributed by atoms with E-state index in [1.54, 1.807) is 19.4 Å². The Morgan fingerprint density at radius 3 is 2.20 bits per heavy atom. The Balaban J connectivity index is 0.000000810. The Hall–Kier alpha value is -0.830. The second-order valence-corrected chi connectivity index (χ2v) is 1.83. The number of hydrogen-bond acceptors (Lipinski definition) is 3. The fraction of sp³-hybridized carbons (Fsp3) is 0.333. The molecule has 0 radical (unpaired) electrons. The Morgan fingerprint density at radius 1 is 1.30 bits per heavy atom. The highest BCUT2D eigenvalue weighted by Crippen LogP contribution is 1.95. The smallest absolute Gasteiger partial charge is 0.222 e. The van der Waals surface area contributed by atoms with Crippen LogP contribution in [0, 0.1) is 6.92 Å². The molecule has 1 rings (SSSR count). The van der Waals surface area contributed by atoms with Gasteiger partial charge in [-0.25, -0.2) is 9.97 Å². The van der Waals surface area contributed by atoms with Crippen molar-refractivity contribution in [3.8, 4) is 0 Å². The zero-order valence-electron chi connectivity index (χ0n) is 5.96. The molecule has 0 aromatic carbocycles. The number of aromatic nitrogens is 2. The van der Waals surface area contributed by atoms with Crippen LogP contribution < -0.4 is 5.32 Å². The van der Waals surface area contributed by atoms with E-state index >= 15 is 0 Å². The number of aryl methyl sites for hydroxylation is 1. The molecule has 0 fully saturated rings. The monoisotopic (exact) mass is 159 g/mol. The molecule has 1 heterocycles. The van der Waals surface area contributed by atoms with Crippen LogP contribution in [0.5, 0.6) is 0 Å². The first kappa shape index (κ1) is 9.17. The Labute approximate surface area is 66.3 Å². The van der Waals surface area contributed by atoms with E-state index in [0.29, 0.717) is 5.95 Å². The average molecular weight is 160 g/mol. The molecule has 1 N–H and O–H groups in total. The van der Waals surface area contributed by atoms with Crippen LogP contribution in [-0.4, -0.2) is 17.0 Å². The van der Waals surface area contributed by atoms with Crippen LogP contribution in [0.4, 0.5) is 5.95 Å². The molecule has 10 heavy (non-hydrogen) atoms. The lowest BCUT2D eigenvalue weighted by molar-refractivity contribution is 1.12. The molecule has 1 aromatic heterocycles. The van der Waals surface area contributed by atoms with E-state index in [4.69, 9.17) is 0 Å². The summed E-state index contributed by atoms with van der Waals surface area (Å²) in [7, 11) is 1.80. The highest BCUT2D eigenvalue weighted by Gasteiger charge is 1.86. The second kappa shape index (κ2) is 4.06. The van der Waals surface area contributed by atoms with Gasteiger partial charge >= 0.3 is 0 Å². The molecule has 3 nitrogen and oxygen atoms in total. The Morgan fingerprint density at radius 2 is 1.80 bits per heavy atom. The van der Waals surface area contributed by atoms with Crippen molar-refractivity contribution in [1.29, 1.82) is 0 Å². The highest BCUT2D eigenvalue weighted by atomic mass is 35.5. The molecule has 0 amide bonds. The van der Waals surface area contributed by atoms with Gasteiger partial charge in [0.05, 0.1) is 0 Å².